The van der Waals surface area contributed by atoms with Gasteiger partial charge in [-0.15, -0.1) is 11.8 Å². The van der Waals surface area contributed by atoms with Crippen LogP contribution in [0.3, 0.4) is 0 Å². The van der Waals surface area contributed by atoms with Crippen LogP contribution in [0.1, 0.15) is 30.9 Å². The first-order valence-corrected chi connectivity index (χ1v) is 7.43. The predicted octanol–water partition coefficient (Wildman–Crippen LogP) is 3.07. The average Bonchev–Trinajstić information content (AvgIpc) is 2.35. The number of hydrogen-bond acceptors (Lipinski definition) is 4. The number of methoxy groups -OCH3 is 1. The molecule has 0 radical (unpaired) electrons. The molecule has 19 heavy (non-hydrogen) atoms. The molecule has 2 N–H and O–H groups in total. The topological polar surface area (TPSA) is 52.3 Å². The van der Waals surface area contributed by atoms with Crippen molar-refractivity contribution in [3.05, 3.63) is 29.3 Å². The van der Waals surface area contributed by atoms with E-state index in [1.807, 2.05) is 11.8 Å². The van der Waals surface area contributed by atoms with Crippen LogP contribution >= 0.6 is 11.8 Å². The Hall–Kier alpha value is -1.00. The van der Waals surface area contributed by atoms with Crippen LogP contribution in [0.5, 0.6) is 0 Å². The van der Waals surface area contributed by atoms with Crippen molar-refractivity contribution in [2.24, 2.45) is 5.73 Å². The summed E-state index contributed by atoms with van der Waals surface area (Å²) >= 11 is 1.81. The van der Waals surface area contributed by atoms with Gasteiger partial charge >= 0.3 is 5.97 Å². The minimum atomic E-state index is -0.877. The van der Waals surface area contributed by atoms with Gasteiger partial charge in [-0.05, 0) is 51.0 Å². The number of benzene rings is 1. The molecule has 106 valence electrons. The summed E-state index contributed by atoms with van der Waals surface area (Å²) in [5, 5.41) is 0. The van der Waals surface area contributed by atoms with Crippen LogP contribution in [-0.2, 0) is 9.53 Å². The highest BCUT2D eigenvalue weighted by Crippen LogP contribution is 2.25. The number of hydrogen-bond donors (Lipinski definition) is 1. The minimum absolute atomic E-state index is 0.344. The van der Waals surface area contributed by atoms with Crippen LogP contribution in [0.15, 0.2) is 23.1 Å². The van der Waals surface area contributed by atoms with E-state index in [0.29, 0.717) is 6.42 Å². The highest BCUT2D eigenvalue weighted by atomic mass is 32.2. The molecule has 1 rings (SSSR count). The monoisotopic (exact) mass is 281 g/mol. The Morgan fingerprint density at radius 2 is 2.11 bits per heavy atom. The number of carbonyl (C=O) groups is 1. The molecule has 1 unspecified atom stereocenters. The van der Waals surface area contributed by atoms with Crippen LogP contribution in [-0.4, -0.2) is 24.4 Å². The number of nitrogens with two attached hydrogens (primary N) is 1. The second-order valence-electron chi connectivity index (χ2n) is 5.13. The van der Waals surface area contributed by atoms with E-state index >= 15 is 0 Å². The normalized spacial score (nSPS) is 13.9. The van der Waals surface area contributed by atoms with Crippen molar-refractivity contribution in [1.82, 2.24) is 0 Å². The molecule has 1 atom stereocenters. The van der Waals surface area contributed by atoms with Crippen molar-refractivity contribution in [2.45, 2.75) is 44.0 Å². The third-order valence-electron chi connectivity index (χ3n) is 3.08. The van der Waals surface area contributed by atoms with Gasteiger partial charge in [-0.1, -0.05) is 17.7 Å². The van der Waals surface area contributed by atoms with Crippen molar-refractivity contribution in [2.75, 3.05) is 12.9 Å². The van der Waals surface area contributed by atoms with E-state index in [1.165, 1.54) is 23.1 Å². The minimum Gasteiger partial charge on any atom is -0.468 e. The fraction of sp³-hybridized carbons (Fsp3) is 0.533. The van der Waals surface area contributed by atoms with Crippen LogP contribution < -0.4 is 5.73 Å². The molecule has 0 amide bonds. The molecule has 0 fully saturated rings. The van der Waals surface area contributed by atoms with E-state index in [9.17, 15) is 4.79 Å². The second-order valence-corrected chi connectivity index (χ2v) is 6.27. The molecular formula is C15H23NO2S. The lowest BCUT2D eigenvalue weighted by molar-refractivity contribution is -0.146. The quantitative estimate of drug-likeness (QED) is 0.494. The molecule has 0 aromatic heterocycles. The van der Waals surface area contributed by atoms with Crippen LogP contribution in [0.2, 0.25) is 0 Å². The molecule has 0 aliphatic carbocycles. The van der Waals surface area contributed by atoms with Crippen LogP contribution in [0.25, 0.3) is 0 Å². The van der Waals surface area contributed by atoms with Gasteiger partial charge in [0.15, 0.2) is 0 Å². The third-order valence-corrected chi connectivity index (χ3v) is 4.34. The SMILES string of the molecule is COC(=O)C(C)(N)CCCSc1ccc(C)cc1C. The Bertz CT molecular complexity index is 444. The van der Waals surface area contributed by atoms with Crippen molar-refractivity contribution in [1.29, 1.82) is 0 Å². The Balaban J connectivity index is 2.41. The molecule has 0 saturated carbocycles. The molecule has 0 bridgehead atoms. The Kier molecular flexibility index (Phi) is 5.88. The van der Waals surface area contributed by atoms with Gasteiger partial charge in [0.05, 0.1) is 7.11 Å². The van der Waals surface area contributed by atoms with Crippen molar-refractivity contribution in [3.8, 4) is 0 Å². The highest BCUT2D eigenvalue weighted by molar-refractivity contribution is 7.99. The van der Waals surface area contributed by atoms with Gasteiger partial charge in [-0.3, -0.25) is 4.79 Å². The molecule has 0 aliphatic rings. The summed E-state index contributed by atoms with van der Waals surface area (Å²) in [6.45, 7) is 5.94. The summed E-state index contributed by atoms with van der Waals surface area (Å²) in [5.74, 6) is 0.609. The molecule has 1 aromatic rings. The Morgan fingerprint density at radius 1 is 1.42 bits per heavy atom. The van der Waals surface area contributed by atoms with Gasteiger partial charge in [-0.2, -0.15) is 0 Å². The molecule has 3 nitrogen and oxygen atoms in total. The van der Waals surface area contributed by atoms with Crippen molar-refractivity contribution >= 4 is 17.7 Å². The lowest BCUT2D eigenvalue weighted by Crippen LogP contribution is -2.45. The maximum absolute atomic E-state index is 11.4. The standard InChI is InChI=1S/C15H23NO2S/c1-11-6-7-13(12(2)10-11)19-9-5-8-15(3,16)14(17)18-4/h6-7,10H,5,8-9,16H2,1-4H3. The van der Waals surface area contributed by atoms with Gasteiger partial charge in [0.1, 0.15) is 5.54 Å². The van der Waals surface area contributed by atoms with Crippen LogP contribution in [0, 0.1) is 13.8 Å². The van der Waals surface area contributed by atoms with Crippen molar-refractivity contribution in [3.63, 3.8) is 0 Å². The second kappa shape index (κ2) is 6.96. The summed E-state index contributed by atoms with van der Waals surface area (Å²) in [7, 11) is 1.37. The molecule has 0 saturated heterocycles. The Labute approximate surface area is 119 Å². The van der Waals surface area contributed by atoms with E-state index in [0.717, 1.165) is 12.2 Å². The van der Waals surface area contributed by atoms with E-state index in [-0.39, 0.29) is 5.97 Å². The molecule has 0 spiro atoms. The first-order chi connectivity index (χ1) is 8.86. The maximum atomic E-state index is 11.4. The third kappa shape index (κ3) is 4.88. The maximum Gasteiger partial charge on any atom is 0.325 e. The summed E-state index contributed by atoms with van der Waals surface area (Å²) in [5.41, 5.74) is 7.62. The fourth-order valence-corrected chi connectivity index (χ4v) is 2.88. The van der Waals surface area contributed by atoms with Gasteiger partial charge in [0.25, 0.3) is 0 Å². The number of ether oxygens (including phenoxy) is 1. The summed E-state index contributed by atoms with van der Waals surface area (Å²) in [6.07, 6.45) is 1.53. The molecule has 1 aromatic carbocycles. The Morgan fingerprint density at radius 3 is 2.68 bits per heavy atom. The van der Waals surface area contributed by atoms with Gasteiger partial charge in [0, 0.05) is 4.90 Å². The number of rotatable bonds is 6. The molecular weight excluding hydrogens is 258 g/mol. The summed E-state index contributed by atoms with van der Waals surface area (Å²) < 4.78 is 4.69. The first-order valence-electron chi connectivity index (χ1n) is 6.44. The van der Waals surface area contributed by atoms with Gasteiger partial charge in [-0.25, -0.2) is 0 Å². The largest absolute Gasteiger partial charge is 0.468 e. The van der Waals surface area contributed by atoms with Crippen LogP contribution in [0.4, 0.5) is 0 Å². The highest BCUT2D eigenvalue weighted by Gasteiger charge is 2.28. The molecule has 4 heteroatoms. The average molecular weight is 281 g/mol. The number of aryl methyl sites for hydroxylation is 2. The summed E-state index contributed by atoms with van der Waals surface area (Å²) in [6, 6.07) is 6.46. The smallest absolute Gasteiger partial charge is 0.325 e. The van der Waals surface area contributed by atoms with E-state index in [2.05, 4.69) is 32.0 Å². The lowest BCUT2D eigenvalue weighted by Gasteiger charge is -2.21. The molecule has 0 heterocycles. The lowest BCUT2D eigenvalue weighted by atomic mass is 9.98. The van der Waals surface area contributed by atoms with E-state index in [4.69, 9.17) is 10.5 Å². The van der Waals surface area contributed by atoms with Gasteiger partial charge in [0.2, 0.25) is 0 Å². The fourth-order valence-electron chi connectivity index (χ4n) is 1.92. The molecule has 0 aliphatic heterocycles. The zero-order valence-electron chi connectivity index (χ0n) is 12.2. The van der Waals surface area contributed by atoms with E-state index < -0.39 is 5.54 Å². The number of carbonyl (C=O) groups excluding carboxylic acids is 1. The van der Waals surface area contributed by atoms with Gasteiger partial charge < -0.3 is 10.5 Å². The zero-order chi connectivity index (χ0) is 14.5. The predicted molar refractivity (Wildman–Crippen MR) is 80.5 cm³/mol. The van der Waals surface area contributed by atoms with Crippen molar-refractivity contribution < 1.29 is 9.53 Å². The number of thioether (sulfide) groups is 1. The zero-order valence-corrected chi connectivity index (χ0v) is 13.0. The first kappa shape index (κ1) is 16.1. The van der Waals surface area contributed by atoms with E-state index in [1.54, 1.807) is 6.92 Å². The number of esters is 1. The summed E-state index contributed by atoms with van der Waals surface area (Å²) in [4.78, 5) is 12.7.